The molecule has 0 fully saturated rings. The summed E-state index contributed by atoms with van der Waals surface area (Å²) in [5, 5.41) is 3.79. The van der Waals surface area contributed by atoms with Gasteiger partial charge in [0.1, 0.15) is 0 Å². The van der Waals surface area contributed by atoms with Crippen LogP contribution in [0.2, 0.25) is 0 Å². The maximum absolute atomic E-state index is 4.74. The molecule has 0 radical (unpaired) electrons. The molecule has 2 heterocycles. The van der Waals surface area contributed by atoms with Gasteiger partial charge in [-0.15, -0.1) is 0 Å². The normalized spacial score (nSPS) is 15.2. The van der Waals surface area contributed by atoms with Gasteiger partial charge in [0.05, 0.1) is 11.0 Å². The van der Waals surface area contributed by atoms with E-state index >= 15 is 0 Å². The van der Waals surface area contributed by atoms with Crippen molar-refractivity contribution in [2.75, 3.05) is 0 Å². The lowest BCUT2D eigenvalue weighted by Gasteiger charge is -2.04. The minimum absolute atomic E-state index is 1.09. The molecule has 3 aromatic rings. The molecule has 2 heteroatoms. The Kier molecular flexibility index (Phi) is 1.88. The lowest BCUT2D eigenvalue weighted by Crippen LogP contribution is -2.11. The highest BCUT2D eigenvalue weighted by molar-refractivity contribution is 5.91. The minimum atomic E-state index is 1.09. The molecule has 0 bridgehead atoms. The number of H-pyrrole nitrogens is 1. The fraction of sp³-hybridized carbons (Fsp3) is 0.167. The number of aromatic nitrogens is 1. The molecule has 0 atom stereocenters. The highest BCUT2D eigenvalue weighted by Gasteiger charge is 2.17. The Labute approximate surface area is 116 Å². The van der Waals surface area contributed by atoms with E-state index in [1.165, 1.54) is 52.2 Å². The van der Waals surface area contributed by atoms with E-state index in [0.717, 1.165) is 11.0 Å². The molecule has 1 aromatic heterocycles. The zero-order chi connectivity index (χ0) is 13.1. The van der Waals surface area contributed by atoms with Crippen LogP contribution in [0.1, 0.15) is 18.4 Å². The molecule has 2 aliphatic rings. The molecule has 0 saturated heterocycles. The van der Waals surface area contributed by atoms with Crippen LogP contribution in [-0.4, -0.2) is 4.98 Å². The average molecular weight is 258 g/mol. The van der Waals surface area contributed by atoms with E-state index in [0.29, 0.717) is 0 Å². The molecule has 0 amide bonds. The first-order chi connectivity index (χ1) is 9.90. The number of hydrogen-bond acceptors (Lipinski definition) is 1. The lowest BCUT2D eigenvalue weighted by atomic mass is 9.98. The largest absolute Gasteiger partial charge is 0.355 e. The van der Waals surface area contributed by atoms with Crippen LogP contribution in [0, 0.1) is 0 Å². The number of rotatable bonds is 0. The van der Waals surface area contributed by atoms with Crippen molar-refractivity contribution in [2.24, 2.45) is 4.99 Å². The predicted octanol–water partition coefficient (Wildman–Crippen LogP) is 3.22. The SMILES string of the molecule is C1=c2[nH]c3cc4c(cc3c2CCC1)-c1ccccc1N=4. The third-order valence-electron chi connectivity index (χ3n) is 4.47. The predicted molar refractivity (Wildman–Crippen MR) is 81.6 cm³/mol. The molecule has 0 unspecified atom stereocenters. The maximum atomic E-state index is 4.74. The second-order valence-corrected chi connectivity index (χ2v) is 5.66. The van der Waals surface area contributed by atoms with Gasteiger partial charge in [-0.05, 0) is 43.0 Å². The minimum Gasteiger partial charge on any atom is -0.355 e. The highest BCUT2D eigenvalue weighted by Crippen LogP contribution is 2.34. The summed E-state index contributed by atoms with van der Waals surface area (Å²) in [6.07, 6.45) is 5.96. The van der Waals surface area contributed by atoms with Crippen LogP contribution in [-0.2, 0) is 6.42 Å². The molecule has 2 nitrogen and oxygen atoms in total. The van der Waals surface area contributed by atoms with Crippen LogP contribution in [0.25, 0.3) is 28.1 Å². The summed E-state index contributed by atoms with van der Waals surface area (Å²) in [7, 11) is 0. The zero-order valence-electron chi connectivity index (χ0n) is 11.1. The summed E-state index contributed by atoms with van der Waals surface area (Å²) < 4.78 is 0. The third-order valence-corrected chi connectivity index (χ3v) is 4.47. The number of nitrogens with one attached hydrogen (secondary N) is 1. The van der Waals surface area contributed by atoms with Crippen LogP contribution in [0.5, 0.6) is 0 Å². The third kappa shape index (κ3) is 1.26. The molecule has 0 spiro atoms. The van der Waals surface area contributed by atoms with E-state index in [-0.39, 0.29) is 0 Å². The second-order valence-electron chi connectivity index (χ2n) is 5.66. The van der Waals surface area contributed by atoms with Gasteiger partial charge in [0, 0.05) is 27.4 Å². The van der Waals surface area contributed by atoms with E-state index in [1.54, 1.807) is 0 Å². The number of benzene rings is 2. The molecule has 96 valence electrons. The van der Waals surface area contributed by atoms with Gasteiger partial charge < -0.3 is 4.98 Å². The van der Waals surface area contributed by atoms with Gasteiger partial charge in [-0.2, -0.15) is 0 Å². The Morgan fingerprint density at radius 3 is 3.00 bits per heavy atom. The molecule has 1 aliphatic heterocycles. The Bertz CT molecular complexity index is 977. The number of aromatic amines is 1. The van der Waals surface area contributed by atoms with Crippen molar-refractivity contribution in [1.29, 1.82) is 0 Å². The van der Waals surface area contributed by atoms with Gasteiger partial charge in [0.2, 0.25) is 0 Å². The Hall–Kier alpha value is -2.35. The van der Waals surface area contributed by atoms with Crippen LogP contribution in [0.15, 0.2) is 41.4 Å². The highest BCUT2D eigenvalue weighted by atomic mass is 14.8. The second kappa shape index (κ2) is 3.60. The summed E-state index contributed by atoms with van der Waals surface area (Å²) in [6.45, 7) is 0. The standard InChI is InChI=1S/C18H14N2/c1-3-7-15-11(5-1)13-9-14-12-6-2-4-8-16(12)20-18(14)10-17(13)19-15/h1,3,5,7-10,20H,2,4,6H2. The van der Waals surface area contributed by atoms with E-state index < -0.39 is 0 Å². The number of hydrogen-bond donors (Lipinski definition) is 1. The summed E-state index contributed by atoms with van der Waals surface area (Å²) in [5.41, 5.74) is 6.34. The Morgan fingerprint density at radius 1 is 1.05 bits per heavy atom. The summed E-state index contributed by atoms with van der Waals surface area (Å²) in [4.78, 5) is 8.30. The van der Waals surface area contributed by atoms with E-state index in [9.17, 15) is 0 Å². The molecule has 1 N–H and O–H groups in total. The summed E-state index contributed by atoms with van der Waals surface area (Å²) in [6, 6.07) is 12.9. The molecule has 20 heavy (non-hydrogen) atoms. The molecule has 0 saturated carbocycles. The molecular weight excluding hydrogens is 244 g/mol. The summed E-state index contributed by atoms with van der Waals surface area (Å²) in [5.74, 6) is 0. The van der Waals surface area contributed by atoms with E-state index in [1.807, 2.05) is 0 Å². The smallest absolute Gasteiger partial charge is 0.0737 e. The van der Waals surface area contributed by atoms with Crippen LogP contribution in [0.4, 0.5) is 5.69 Å². The van der Waals surface area contributed by atoms with Gasteiger partial charge in [0.15, 0.2) is 0 Å². The first kappa shape index (κ1) is 10.4. The first-order valence-corrected chi connectivity index (χ1v) is 7.23. The van der Waals surface area contributed by atoms with Gasteiger partial charge in [-0.1, -0.05) is 24.3 Å². The number of para-hydroxylation sites is 1. The summed E-state index contributed by atoms with van der Waals surface area (Å²) >= 11 is 0. The average Bonchev–Trinajstić information content (AvgIpc) is 3.02. The van der Waals surface area contributed by atoms with Crippen molar-refractivity contribution in [2.45, 2.75) is 19.3 Å². The van der Waals surface area contributed by atoms with Crippen molar-refractivity contribution in [3.8, 4) is 11.1 Å². The Morgan fingerprint density at radius 2 is 2.00 bits per heavy atom. The first-order valence-electron chi connectivity index (χ1n) is 7.23. The molecule has 2 aromatic carbocycles. The van der Waals surface area contributed by atoms with E-state index in [4.69, 9.17) is 4.99 Å². The topological polar surface area (TPSA) is 28.1 Å². The van der Waals surface area contributed by atoms with Gasteiger partial charge in [0.25, 0.3) is 0 Å². The van der Waals surface area contributed by atoms with Crippen molar-refractivity contribution in [3.05, 3.63) is 52.7 Å². The van der Waals surface area contributed by atoms with Crippen molar-refractivity contribution in [1.82, 2.24) is 4.98 Å². The monoisotopic (exact) mass is 258 g/mol. The van der Waals surface area contributed by atoms with Crippen molar-refractivity contribution in [3.63, 3.8) is 0 Å². The van der Waals surface area contributed by atoms with E-state index in [2.05, 4.69) is 47.5 Å². The fourth-order valence-electron chi connectivity index (χ4n) is 3.51. The Balaban J connectivity index is 1.91. The number of nitrogens with zero attached hydrogens (tertiary/aromatic N) is 1. The van der Waals surface area contributed by atoms with Crippen molar-refractivity contribution >= 4 is 22.7 Å². The van der Waals surface area contributed by atoms with Gasteiger partial charge in [-0.3, -0.25) is 0 Å². The van der Waals surface area contributed by atoms with Gasteiger partial charge >= 0.3 is 0 Å². The van der Waals surface area contributed by atoms with Gasteiger partial charge in [-0.25, -0.2) is 4.99 Å². The maximum Gasteiger partial charge on any atom is 0.0737 e. The van der Waals surface area contributed by atoms with Crippen LogP contribution in [0.3, 0.4) is 0 Å². The van der Waals surface area contributed by atoms with Crippen LogP contribution < -0.4 is 10.7 Å². The van der Waals surface area contributed by atoms with Crippen LogP contribution >= 0.6 is 0 Å². The zero-order valence-corrected chi connectivity index (χ0v) is 11.1. The molecule has 1 aliphatic carbocycles. The molecule has 5 rings (SSSR count). The number of aryl methyl sites for hydroxylation is 1. The fourth-order valence-corrected chi connectivity index (χ4v) is 3.51. The molecular formula is C18H14N2. The van der Waals surface area contributed by atoms with Crippen molar-refractivity contribution < 1.29 is 0 Å². The quantitative estimate of drug-likeness (QED) is 0.501. The number of fused-ring (bicyclic) bond motifs is 6. The lowest BCUT2D eigenvalue weighted by molar-refractivity contribution is 0.838.